The van der Waals surface area contributed by atoms with Gasteiger partial charge in [0, 0.05) is 33.0 Å². The standard InChI is InChI=1S/C19H23FN2O4/c1-21-17(24)12-14(18(25)26)19(21)8-10-22(11-9-19)16(23)7-6-13-4-2-3-5-15(13)20/h2-5,14H,6-12H2,1H3,(H,25,26). The molecule has 1 spiro atoms. The number of carboxylic acid groups (broad SMARTS) is 1. The van der Waals surface area contributed by atoms with E-state index in [-0.39, 0.29) is 30.5 Å². The number of likely N-dealkylation sites (tertiary alicyclic amines) is 2. The Balaban J connectivity index is 1.61. The zero-order chi connectivity index (χ0) is 18.9. The molecule has 1 aromatic rings. The molecular weight excluding hydrogens is 339 g/mol. The van der Waals surface area contributed by atoms with Crippen LogP contribution in [0.15, 0.2) is 24.3 Å². The van der Waals surface area contributed by atoms with Gasteiger partial charge in [-0.3, -0.25) is 14.4 Å². The average molecular weight is 362 g/mol. The number of hydrogen-bond acceptors (Lipinski definition) is 3. The number of nitrogens with zero attached hydrogens (tertiary/aromatic N) is 2. The molecule has 3 rings (SSSR count). The van der Waals surface area contributed by atoms with Gasteiger partial charge in [0.1, 0.15) is 5.82 Å². The highest BCUT2D eigenvalue weighted by Gasteiger charge is 2.55. The number of halogens is 1. The van der Waals surface area contributed by atoms with Crippen LogP contribution in [0.3, 0.4) is 0 Å². The lowest BCUT2D eigenvalue weighted by Crippen LogP contribution is -2.57. The fraction of sp³-hybridized carbons (Fsp3) is 0.526. The quantitative estimate of drug-likeness (QED) is 0.884. The smallest absolute Gasteiger partial charge is 0.309 e. The maximum atomic E-state index is 13.7. The van der Waals surface area contributed by atoms with Gasteiger partial charge in [0.2, 0.25) is 11.8 Å². The number of piperidine rings is 1. The maximum Gasteiger partial charge on any atom is 0.309 e. The third-order valence-corrected chi connectivity index (χ3v) is 5.92. The molecule has 7 heteroatoms. The van der Waals surface area contributed by atoms with E-state index in [1.165, 1.54) is 6.07 Å². The summed E-state index contributed by atoms with van der Waals surface area (Å²) in [6.45, 7) is 0.828. The van der Waals surface area contributed by atoms with Crippen molar-refractivity contribution in [2.24, 2.45) is 5.92 Å². The molecule has 2 aliphatic rings. The molecule has 0 aromatic heterocycles. The number of carbonyl (C=O) groups is 3. The first-order chi connectivity index (χ1) is 12.3. The van der Waals surface area contributed by atoms with E-state index in [1.807, 2.05) is 0 Å². The molecule has 0 bridgehead atoms. The van der Waals surface area contributed by atoms with Crippen LogP contribution in [-0.4, -0.2) is 58.4 Å². The van der Waals surface area contributed by atoms with Gasteiger partial charge in [-0.1, -0.05) is 18.2 Å². The van der Waals surface area contributed by atoms with Gasteiger partial charge in [0.25, 0.3) is 0 Å². The summed E-state index contributed by atoms with van der Waals surface area (Å²) in [4.78, 5) is 39.3. The highest BCUT2D eigenvalue weighted by molar-refractivity contribution is 5.88. The Bertz CT molecular complexity index is 728. The Kier molecular flexibility index (Phi) is 4.98. The second-order valence-corrected chi connectivity index (χ2v) is 7.12. The molecule has 2 aliphatic heterocycles. The van der Waals surface area contributed by atoms with Crippen molar-refractivity contribution in [3.05, 3.63) is 35.6 Å². The van der Waals surface area contributed by atoms with Gasteiger partial charge in [-0.2, -0.15) is 0 Å². The predicted octanol–water partition coefficient (Wildman–Crippen LogP) is 1.68. The maximum absolute atomic E-state index is 13.7. The zero-order valence-electron chi connectivity index (χ0n) is 14.8. The largest absolute Gasteiger partial charge is 0.481 e. The molecule has 2 amide bonds. The van der Waals surface area contributed by atoms with Crippen LogP contribution in [0.2, 0.25) is 0 Å². The zero-order valence-corrected chi connectivity index (χ0v) is 14.8. The van der Waals surface area contributed by atoms with Gasteiger partial charge >= 0.3 is 5.97 Å². The Morgan fingerprint density at radius 1 is 1.27 bits per heavy atom. The molecule has 140 valence electrons. The lowest BCUT2D eigenvalue weighted by molar-refractivity contribution is -0.147. The monoisotopic (exact) mass is 362 g/mol. The van der Waals surface area contributed by atoms with Gasteiger partial charge in [-0.05, 0) is 30.9 Å². The summed E-state index contributed by atoms with van der Waals surface area (Å²) in [7, 11) is 1.65. The summed E-state index contributed by atoms with van der Waals surface area (Å²) in [5.41, 5.74) is -0.188. The molecule has 1 aromatic carbocycles. The van der Waals surface area contributed by atoms with Crippen LogP contribution in [0.4, 0.5) is 4.39 Å². The molecular formula is C19H23FN2O4. The van der Waals surface area contributed by atoms with Crippen molar-refractivity contribution in [2.75, 3.05) is 20.1 Å². The highest BCUT2D eigenvalue weighted by atomic mass is 19.1. The minimum absolute atomic E-state index is 0.0209. The highest BCUT2D eigenvalue weighted by Crippen LogP contribution is 2.42. The van der Waals surface area contributed by atoms with Gasteiger partial charge in [0.15, 0.2) is 0 Å². The van der Waals surface area contributed by atoms with Crippen molar-refractivity contribution in [1.29, 1.82) is 0 Å². The average Bonchev–Trinajstić information content (AvgIpc) is 2.87. The van der Waals surface area contributed by atoms with Crippen molar-refractivity contribution >= 4 is 17.8 Å². The van der Waals surface area contributed by atoms with Crippen molar-refractivity contribution in [2.45, 2.75) is 37.6 Å². The number of carbonyl (C=O) groups excluding carboxylic acids is 2. The van der Waals surface area contributed by atoms with Crippen LogP contribution < -0.4 is 0 Å². The molecule has 1 unspecified atom stereocenters. The van der Waals surface area contributed by atoms with E-state index in [2.05, 4.69) is 0 Å². The number of aliphatic carboxylic acids is 1. The summed E-state index contributed by atoms with van der Waals surface area (Å²) in [5.74, 6) is -2.22. The fourth-order valence-corrected chi connectivity index (χ4v) is 4.23. The lowest BCUT2D eigenvalue weighted by Gasteiger charge is -2.45. The molecule has 6 nitrogen and oxygen atoms in total. The van der Waals surface area contributed by atoms with E-state index in [0.717, 1.165) is 0 Å². The van der Waals surface area contributed by atoms with Gasteiger partial charge in [-0.15, -0.1) is 0 Å². The van der Waals surface area contributed by atoms with E-state index in [1.54, 1.807) is 35.0 Å². The Morgan fingerprint density at radius 2 is 1.92 bits per heavy atom. The summed E-state index contributed by atoms with van der Waals surface area (Å²) < 4.78 is 13.7. The van der Waals surface area contributed by atoms with Crippen LogP contribution in [0, 0.1) is 11.7 Å². The molecule has 0 aliphatic carbocycles. The van der Waals surface area contributed by atoms with Crippen LogP contribution in [0.25, 0.3) is 0 Å². The lowest BCUT2D eigenvalue weighted by atomic mass is 9.77. The first-order valence-electron chi connectivity index (χ1n) is 8.86. The predicted molar refractivity (Wildman–Crippen MR) is 91.8 cm³/mol. The molecule has 2 fully saturated rings. The molecule has 2 saturated heterocycles. The third-order valence-electron chi connectivity index (χ3n) is 5.92. The number of benzene rings is 1. The van der Waals surface area contributed by atoms with Crippen molar-refractivity contribution in [1.82, 2.24) is 9.80 Å². The minimum atomic E-state index is -0.956. The van der Waals surface area contributed by atoms with E-state index >= 15 is 0 Å². The van der Waals surface area contributed by atoms with Gasteiger partial charge in [0.05, 0.1) is 11.5 Å². The molecule has 0 radical (unpaired) electrons. The Labute approximate surface area is 151 Å². The molecule has 2 heterocycles. The first kappa shape index (κ1) is 18.4. The van der Waals surface area contributed by atoms with Crippen LogP contribution in [-0.2, 0) is 20.8 Å². The minimum Gasteiger partial charge on any atom is -0.481 e. The second-order valence-electron chi connectivity index (χ2n) is 7.12. The van der Waals surface area contributed by atoms with Gasteiger partial charge in [-0.25, -0.2) is 4.39 Å². The van der Waals surface area contributed by atoms with Crippen molar-refractivity contribution in [3.8, 4) is 0 Å². The normalized spacial score (nSPS) is 22.1. The number of aryl methyl sites for hydroxylation is 1. The topological polar surface area (TPSA) is 77.9 Å². The summed E-state index contributed by atoms with van der Waals surface area (Å²) in [6, 6.07) is 6.41. The van der Waals surface area contributed by atoms with Crippen molar-refractivity contribution < 1.29 is 23.9 Å². The van der Waals surface area contributed by atoms with Crippen LogP contribution in [0.1, 0.15) is 31.2 Å². The van der Waals surface area contributed by atoms with Gasteiger partial charge < -0.3 is 14.9 Å². The summed E-state index contributed by atoms with van der Waals surface area (Å²) >= 11 is 0. The number of rotatable bonds is 4. The number of carboxylic acids is 1. The first-order valence-corrected chi connectivity index (χ1v) is 8.86. The second kappa shape index (κ2) is 7.05. The molecule has 1 N–H and O–H groups in total. The number of amides is 2. The van der Waals surface area contributed by atoms with E-state index in [9.17, 15) is 23.9 Å². The SMILES string of the molecule is CN1C(=O)CC(C(=O)O)C12CCN(C(=O)CCc1ccccc1F)CC2. The summed E-state index contributed by atoms with van der Waals surface area (Å²) in [6.07, 6.45) is 1.48. The van der Waals surface area contributed by atoms with E-state index in [4.69, 9.17) is 0 Å². The third kappa shape index (κ3) is 3.18. The molecule has 0 saturated carbocycles. The summed E-state index contributed by atoms with van der Waals surface area (Å²) in [5, 5.41) is 9.48. The molecule has 1 atom stereocenters. The van der Waals surface area contributed by atoms with Crippen molar-refractivity contribution in [3.63, 3.8) is 0 Å². The fourth-order valence-electron chi connectivity index (χ4n) is 4.23. The Hall–Kier alpha value is -2.44. The Morgan fingerprint density at radius 3 is 2.54 bits per heavy atom. The van der Waals surface area contributed by atoms with Crippen LogP contribution >= 0.6 is 0 Å². The van der Waals surface area contributed by atoms with E-state index in [0.29, 0.717) is 37.9 Å². The number of hydrogen-bond donors (Lipinski definition) is 1. The van der Waals surface area contributed by atoms with E-state index < -0.39 is 17.4 Å². The van der Waals surface area contributed by atoms with Crippen LogP contribution in [0.5, 0.6) is 0 Å². The molecule has 26 heavy (non-hydrogen) atoms.